The minimum Gasteiger partial charge on any atom is -0.497 e. The van der Waals surface area contributed by atoms with E-state index in [2.05, 4.69) is 19.9 Å². The van der Waals surface area contributed by atoms with Gasteiger partial charge in [0.05, 0.1) is 29.9 Å². The van der Waals surface area contributed by atoms with E-state index in [1.165, 1.54) is 0 Å². The van der Waals surface area contributed by atoms with Crippen LogP contribution < -0.4 is 14.8 Å². The Morgan fingerprint density at radius 3 is 2.50 bits per heavy atom. The van der Waals surface area contributed by atoms with Gasteiger partial charge in [-0.1, -0.05) is 42.1 Å². The summed E-state index contributed by atoms with van der Waals surface area (Å²) in [5, 5.41) is 4.64. The number of aromatic nitrogens is 1. The lowest BCUT2D eigenvalue weighted by molar-refractivity contribution is -0.113. The lowest BCUT2D eigenvalue weighted by Gasteiger charge is -2.41. The van der Waals surface area contributed by atoms with E-state index >= 15 is 0 Å². The van der Waals surface area contributed by atoms with Gasteiger partial charge in [-0.3, -0.25) is 14.5 Å². The smallest absolute Gasteiger partial charge is 0.264 e. The Balaban J connectivity index is 1.30. The Morgan fingerprint density at radius 2 is 1.74 bits per heavy atom. The van der Waals surface area contributed by atoms with Crippen molar-refractivity contribution in [2.45, 2.75) is 24.3 Å². The van der Waals surface area contributed by atoms with Gasteiger partial charge >= 0.3 is 0 Å². The second kappa shape index (κ2) is 11.5. The number of thioether (sulfide) groups is 1. The number of nitrogens with one attached hydrogen (secondary N) is 2. The third kappa shape index (κ3) is 5.45. The first-order chi connectivity index (χ1) is 20.3. The molecule has 4 aromatic rings. The zero-order valence-electron chi connectivity index (χ0n) is 23.1. The van der Waals surface area contributed by atoms with Crippen LogP contribution in [0.2, 0.25) is 0 Å². The molecule has 1 saturated heterocycles. The maximum Gasteiger partial charge on any atom is 0.264 e. The standard InChI is InChI=1S/C31H29N5O4S2/c1-20-27(30(37)34-23-13-15-25(40-2)16-14-23)29(36-18-5-19-41-31(36)33-20)22-9-11-24(12-10-22)35-42(38,39)26-8-3-6-21-7-4-17-32-28(21)26/h3-4,6-17,29,35H,5,18-19H2,1-2H3,(H,34,37). The van der Waals surface area contributed by atoms with E-state index in [9.17, 15) is 13.2 Å². The van der Waals surface area contributed by atoms with E-state index in [1.54, 1.807) is 79.7 Å². The molecule has 0 saturated carbocycles. The van der Waals surface area contributed by atoms with Crippen molar-refractivity contribution in [3.8, 4) is 5.75 Å². The summed E-state index contributed by atoms with van der Waals surface area (Å²) in [5.41, 5.74) is 3.53. The lowest BCUT2D eigenvalue weighted by Crippen LogP contribution is -2.43. The molecule has 2 aliphatic rings. The Labute approximate surface area is 248 Å². The van der Waals surface area contributed by atoms with Gasteiger partial charge in [-0.2, -0.15) is 0 Å². The third-order valence-corrected chi connectivity index (χ3v) is 9.70. The van der Waals surface area contributed by atoms with Gasteiger partial charge in [-0.15, -0.1) is 0 Å². The van der Waals surface area contributed by atoms with Gasteiger partial charge in [-0.25, -0.2) is 13.4 Å². The van der Waals surface area contributed by atoms with Crippen molar-refractivity contribution in [1.82, 2.24) is 9.88 Å². The van der Waals surface area contributed by atoms with Gasteiger partial charge in [0.15, 0.2) is 5.17 Å². The van der Waals surface area contributed by atoms with Gasteiger partial charge in [0, 0.05) is 35.3 Å². The Kier molecular flexibility index (Phi) is 7.61. The number of allylic oxidation sites excluding steroid dienone is 1. The van der Waals surface area contributed by atoms with Crippen molar-refractivity contribution in [2.24, 2.45) is 4.99 Å². The molecule has 1 aromatic heterocycles. The molecule has 0 spiro atoms. The minimum absolute atomic E-state index is 0.110. The summed E-state index contributed by atoms with van der Waals surface area (Å²) in [6.07, 6.45) is 2.54. The van der Waals surface area contributed by atoms with Crippen LogP contribution in [0, 0.1) is 0 Å². The minimum atomic E-state index is -3.90. The van der Waals surface area contributed by atoms with E-state index in [0.717, 1.165) is 34.8 Å². The number of sulfonamides is 1. The molecular weight excluding hydrogens is 571 g/mol. The summed E-state index contributed by atoms with van der Waals surface area (Å²) >= 11 is 1.68. The van der Waals surface area contributed by atoms with Gasteiger partial charge < -0.3 is 15.0 Å². The van der Waals surface area contributed by atoms with E-state index in [4.69, 9.17) is 9.73 Å². The molecule has 3 aromatic carbocycles. The van der Waals surface area contributed by atoms with Crippen LogP contribution in [-0.4, -0.2) is 48.8 Å². The number of hydrogen-bond acceptors (Lipinski definition) is 8. The summed E-state index contributed by atoms with van der Waals surface area (Å²) in [6.45, 7) is 2.61. The van der Waals surface area contributed by atoms with Crippen LogP contribution in [0.1, 0.15) is 24.9 Å². The third-order valence-electron chi connectivity index (χ3n) is 7.21. The average Bonchev–Trinajstić information content (AvgIpc) is 3.00. The first kappa shape index (κ1) is 27.8. The van der Waals surface area contributed by atoms with Crippen molar-refractivity contribution in [2.75, 3.05) is 29.4 Å². The molecule has 0 radical (unpaired) electrons. The van der Waals surface area contributed by atoms with Crippen LogP contribution in [0.25, 0.3) is 10.9 Å². The van der Waals surface area contributed by atoms with E-state index in [-0.39, 0.29) is 16.8 Å². The van der Waals surface area contributed by atoms with Crippen molar-refractivity contribution >= 4 is 55.1 Å². The molecule has 9 nitrogen and oxygen atoms in total. The number of nitrogens with zero attached hydrogens (tertiary/aromatic N) is 3. The highest BCUT2D eigenvalue weighted by molar-refractivity contribution is 8.13. The van der Waals surface area contributed by atoms with Crippen LogP contribution in [0.5, 0.6) is 5.75 Å². The van der Waals surface area contributed by atoms with E-state index < -0.39 is 10.0 Å². The molecule has 3 heterocycles. The van der Waals surface area contributed by atoms with Crippen LogP contribution in [0.4, 0.5) is 11.4 Å². The van der Waals surface area contributed by atoms with Crippen LogP contribution in [0.3, 0.4) is 0 Å². The SMILES string of the molecule is COc1ccc(NC(=O)C2=C(C)N=C3SCCCN3C2c2ccc(NS(=O)(=O)c3cccc4cccnc34)cc2)cc1. The number of amides is 1. The average molecular weight is 600 g/mol. The number of benzene rings is 3. The molecule has 42 heavy (non-hydrogen) atoms. The molecular formula is C31H29N5O4S2. The lowest BCUT2D eigenvalue weighted by atomic mass is 9.93. The number of fused-ring (bicyclic) bond motifs is 2. The summed E-state index contributed by atoms with van der Waals surface area (Å²) in [5.74, 6) is 1.42. The Hall–Kier alpha value is -4.35. The van der Waals surface area contributed by atoms with Crippen molar-refractivity contribution in [3.05, 3.63) is 102 Å². The van der Waals surface area contributed by atoms with Crippen molar-refractivity contribution < 1.29 is 17.9 Å². The molecule has 2 N–H and O–H groups in total. The number of carbonyl (C=O) groups is 1. The van der Waals surface area contributed by atoms with Gasteiger partial charge in [0.2, 0.25) is 0 Å². The van der Waals surface area contributed by atoms with Crippen molar-refractivity contribution in [3.63, 3.8) is 0 Å². The molecule has 1 unspecified atom stereocenters. The maximum absolute atomic E-state index is 13.7. The molecule has 1 atom stereocenters. The molecule has 11 heteroatoms. The van der Waals surface area contributed by atoms with Crippen molar-refractivity contribution in [1.29, 1.82) is 0 Å². The highest BCUT2D eigenvalue weighted by Crippen LogP contribution is 2.40. The highest BCUT2D eigenvalue weighted by atomic mass is 32.2. The molecule has 2 aliphatic heterocycles. The number of amidine groups is 1. The first-order valence-electron chi connectivity index (χ1n) is 13.4. The van der Waals surface area contributed by atoms with E-state index in [0.29, 0.717) is 33.9 Å². The fourth-order valence-corrected chi connectivity index (χ4v) is 7.47. The molecule has 6 rings (SSSR count). The fourth-order valence-electron chi connectivity index (χ4n) is 5.21. The number of aliphatic imine (C=N–C) groups is 1. The Morgan fingerprint density at radius 1 is 1.00 bits per heavy atom. The number of rotatable bonds is 7. The van der Waals surface area contributed by atoms with Gasteiger partial charge in [-0.05, 0) is 67.4 Å². The van der Waals surface area contributed by atoms with Crippen LogP contribution >= 0.6 is 11.8 Å². The molecule has 1 fully saturated rings. The topological polar surface area (TPSA) is 113 Å². The van der Waals surface area contributed by atoms with Crippen LogP contribution in [0.15, 0.2) is 106 Å². The fraction of sp³-hybridized carbons (Fsp3) is 0.194. The zero-order chi connectivity index (χ0) is 29.3. The summed E-state index contributed by atoms with van der Waals surface area (Å²) in [6, 6.07) is 22.6. The molecule has 0 bridgehead atoms. The normalized spacial score (nSPS) is 17.0. The predicted molar refractivity (Wildman–Crippen MR) is 167 cm³/mol. The number of hydrogen-bond donors (Lipinski definition) is 2. The summed E-state index contributed by atoms with van der Waals surface area (Å²) < 4.78 is 34.6. The number of methoxy groups -OCH3 is 1. The number of para-hydroxylation sites is 1. The number of carbonyl (C=O) groups excluding carboxylic acids is 1. The number of ether oxygens (including phenoxy) is 1. The van der Waals surface area contributed by atoms with Gasteiger partial charge in [0.25, 0.3) is 15.9 Å². The quantitative estimate of drug-likeness (QED) is 0.276. The summed E-state index contributed by atoms with van der Waals surface area (Å²) in [7, 11) is -2.30. The molecule has 214 valence electrons. The Bertz CT molecular complexity index is 1820. The van der Waals surface area contributed by atoms with E-state index in [1.807, 2.05) is 31.2 Å². The largest absolute Gasteiger partial charge is 0.497 e. The highest BCUT2D eigenvalue weighted by Gasteiger charge is 2.37. The maximum atomic E-state index is 13.7. The van der Waals surface area contributed by atoms with Crippen LogP contribution in [-0.2, 0) is 14.8 Å². The summed E-state index contributed by atoms with van der Waals surface area (Å²) in [4.78, 5) is 25.0. The monoisotopic (exact) mass is 599 g/mol. The zero-order valence-corrected chi connectivity index (χ0v) is 24.7. The molecule has 0 aliphatic carbocycles. The second-order valence-corrected chi connectivity index (χ2v) is 12.6. The second-order valence-electron chi connectivity index (χ2n) is 9.93. The number of pyridine rings is 1. The first-order valence-corrected chi connectivity index (χ1v) is 15.9. The predicted octanol–water partition coefficient (Wildman–Crippen LogP) is 5.81. The van der Waals surface area contributed by atoms with Gasteiger partial charge in [0.1, 0.15) is 10.6 Å². The number of anilines is 2. The molecule has 1 amide bonds.